The van der Waals surface area contributed by atoms with E-state index in [9.17, 15) is 4.79 Å². The summed E-state index contributed by atoms with van der Waals surface area (Å²) in [5.74, 6) is -0.338. The lowest BCUT2D eigenvalue weighted by atomic mass is 10.0. The number of carbonyl (C=O) groups excluding carboxylic acids is 1. The summed E-state index contributed by atoms with van der Waals surface area (Å²) in [7, 11) is 0. The average Bonchev–Trinajstić information content (AvgIpc) is 3.33. The molecule has 0 aliphatic rings. The Hall–Kier alpha value is -3.86. The average molecular weight is 484 g/mol. The first-order chi connectivity index (χ1) is 16.6. The van der Waals surface area contributed by atoms with Crippen LogP contribution in [0.5, 0.6) is 0 Å². The number of hydrogen-bond donors (Lipinski definition) is 1. The minimum absolute atomic E-state index is 0.289. The fourth-order valence-electron chi connectivity index (χ4n) is 3.70. The Morgan fingerprint density at radius 3 is 1.97 bits per heavy atom. The molecule has 0 saturated carbocycles. The zero-order valence-corrected chi connectivity index (χ0v) is 19.5. The van der Waals surface area contributed by atoms with Crippen molar-refractivity contribution in [2.75, 3.05) is 5.32 Å². The van der Waals surface area contributed by atoms with Crippen molar-refractivity contribution in [3.8, 4) is 28.1 Å². The second-order valence-corrected chi connectivity index (χ2v) is 8.50. The maximum absolute atomic E-state index is 13.0. The lowest BCUT2D eigenvalue weighted by Crippen LogP contribution is -2.13. The molecule has 1 heterocycles. The first-order valence-electron chi connectivity index (χ1n) is 10.7. The second kappa shape index (κ2) is 9.56. The van der Waals surface area contributed by atoms with Crippen LogP contribution >= 0.6 is 23.2 Å². The third-order valence-corrected chi connectivity index (χ3v) is 6.15. The number of nitrogens with zero attached hydrogens (tertiary/aromatic N) is 2. The molecule has 1 aromatic heterocycles. The molecule has 0 radical (unpaired) electrons. The fraction of sp³-hybridized carbons (Fsp3) is 0. The van der Waals surface area contributed by atoms with Crippen molar-refractivity contribution in [2.24, 2.45) is 0 Å². The van der Waals surface area contributed by atoms with Crippen molar-refractivity contribution in [1.29, 1.82) is 0 Å². The molecule has 34 heavy (non-hydrogen) atoms. The van der Waals surface area contributed by atoms with E-state index in [2.05, 4.69) is 34.7 Å². The lowest BCUT2D eigenvalue weighted by molar-refractivity contribution is 0.102. The van der Waals surface area contributed by atoms with Crippen LogP contribution in [0.2, 0.25) is 10.0 Å². The summed E-state index contributed by atoms with van der Waals surface area (Å²) < 4.78 is 1.78. The number of hydrogen-bond acceptors (Lipinski definition) is 2. The van der Waals surface area contributed by atoms with Gasteiger partial charge in [0.05, 0.1) is 21.4 Å². The Kier molecular flexibility index (Phi) is 6.17. The predicted octanol–water partition coefficient (Wildman–Crippen LogP) is 7.77. The van der Waals surface area contributed by atoms with Gasteiger partial charge in [-0.2, -0.15) is 5.10 Å². The van der Waals surface area contributed by atoms with E-state index >= 15 is 0 Å². The van der Waals surface area contributed by atoms with Gasteiger partial charge in [0.25, 0.3) is 5.91 Å². The van der Waals surface area contributed by atoms with Crippen LogP contribution in [0, 0.1) is 0 Å². The maximum atomic E-state index is 13.0. The normalized spacial score (nSPS) is 10.8. The Labute approximate surface area is 207 Å². The number of rotatable bonds is 5. The number of benzene rings is 4. The van der Waals surface area contributed by atoms with Gasteiger partial charge in [0.15, 0.2) is 5.69 Å². The molecule has 0 atom stereocenters. The van der Waals surface area contributed by atoms with Crippen molar-refractivity contribution >= 4 is 34.8 Å². The molecule has 0 bridgehead atoms. The summed E-state index contributed by atoms with van der Waals surface area (Å²) >= 11 is 12.1. The topological polar surface area (TPSA) is 46.9 Å². The highest BCUT2D eigenvalue weighted by Crippen LogP contribution is 2.29. The van der Waals surface area contributed by atoms with Crippen LogP contribution in [0.1, 0.15) is 10.5 Å². The maximum Gasteiger partial charge on any atom is 0.276 e. The molecule has 0 aliphatic carbocycles. The molecule has 4 aromatic carbocycles. The van der Waals surface area contributed by atoms with E-state index in [1.807, 2.05) is 60.7 Å². The van der Waals surface area contributed by atoms with Gasteiger partial charge in [-0.3, -0.25) is 4.79 Å². The third-order valence-electron chi connectivity index (χ3n) is 5.41. The van der Waals surface area contributed by atoms with Crippen LogP contribution in [-0.4, -0.2) is 15.7 Å². The quantitative estimate of drug-likeness (QED) is 0.277. The first-order valence-corrected chi connectivity index (χ1v) is 11.4. The molecule has 0 fully saturated rings. The van der Waals surface area contributed by atoms with Crippen molar-refractivity contribution in [3.05, 3.63) is 125 Å². The van der Waals surface area contributed by atoms with E-state index in [1.54, 1.807) is 28.9 Å². The SMILES string of the molecule is O=C(Nc1ccc(Cl)c(Cl)c1)c1cc(-c2ccc(-c3ccccc3)cc2)n(-c2ccccc2)n1. The van der Waals surface area contributed by atoms with E-state index in [0.29, 0.717) is 15.7 Å². The summed E-state index contributed by atoms with van der Waals surface area (Å²) in [6.45, 7) is 0. The molecule has 6 heteroatoms. The summed E-state index contributed by atoms with van der Waals surface area (Å²) in [6.07, 6.45) is 0. The molecule has 1 amide bonds. The number of amides is 1. The van der Waals surface area contributed by atoms with E-state index < -0.39 is 0 Å². The number of carbonyl (C=O) groups is 1. The number of aromatic nitrogens is 2. The van der Waals surface area contributed by atoms with Crippen LogP contribution in [0.3, 0.4) is 0 Å². The highest BCUT2D eigenvalue weighted by molar-refractivity contribution is 6.42. The van der Waals surface area contributed by atoms with Gasteiger partial charge in [0, 0.05) is 11.3 Å². The molecule has 0 aliphatic heterocycles. The van der Waals surface area contributed by atoms with Crippen LogP contribution in [-0.2, 0) is 0 Å². The molecule has 4 nitrogen and oxygen atoms in total. The minimum Gasteiger partial charge on any atom is -0.321 e. The molecule has 166 valence electrons. The van der Waals surface area contributed by atoms with Gasteiger partial charge >= 0.3 is 0 Å². The van der Waals surface area contributed by atoms with Gasteiger partial charge in [-0.05, 0) is 47.5 Å². The van der Waals surface area contributed by atoms with Crippen molar-refractivity contribution < 1.29 is 4.79 Å². The Balaban J connectivity index is 1.51. The minimum atomic E-state index is -0.338. The van der Waals surface area contributed by atoms with E-state index in [1.165, 1.54) is 0 Å². The van der Waals surface area contributed by atoms with Crippen molar-refractivity contribution in [1.82, 2.24) is 9.78 Å². The van der Waals surface area contributed by atoms with Gasteiger partial charge < -0.3 is 5.32 Å². The molecular formula is C28H19Cl2N3O. The highest BCUT2D eigenvalue weighted by atomic mass is 35.5. The standard InChI is InChI=1S/C28H19Cl2N3O/c29-24-16-15-22(17-25(24)30)31-28(34)26-18-27(33(32-26)23-9-5-2-6-10-23)21-13-11-20(12-14-21)19-7-3-1-4-8-19/h1-18H,(H,31,34). The third kappa shape index (κ3) is 4.60. The van der Waals surface area contributed by atoms with Gasteiger partial charge in [-0.15, -0.1) is 0 Å². The van der Waals surface area contributed by atoms with Crippen LogP contribution in [0.15, 0.2) is 109 Å². The summed E-state index contributed by atoms with van der Waals surface area (Å²) in [5.41, 5.74) is 5.72. The number of nitrogens with one attached hydrogen (secondary N) is 1. The Bertz CT molecular complexity index is 1450. The summed E-state index contributed by atoms with van der Waals surface area (Å²) in [5, 5.41) is 8.26. The molecule has 5 aromatic rings. The summed E-state index contributed by atoms with van der Waals surface area (Å²) in [4.78, 5) is 13.0. The molecule has 0 unspecified atom stereocenters. The fourth-order valence-corrected chi connectivity index (χ4v) is 3.99. The van der Waals surface area contributed by atoms with Crippen molar-refractivity contribution in [2.45, 2.75) is 0 Å². The number of anilines is 1. The van der Waals surface area contributed by atoms with E-state index in [4.69, 9.17) is 23.2 Å². The summed E-state index contributed by atoms with van der Waals surface area (Å²) in [6, 6.07) is 34.9. The first kappa shape index (κ1) is 22.0. The van der Waals surface area contributed by atoms with Gasteiger partial charge in [-0.1, -0.05) is 96.0 Å². The molecule has 0 saturated heterocycles. The molecule has 0 spiro atoms. The van der Waals surface area contributed by atoms with Gasteiger partial charge in [-0.25, -0.2) is 4.68 Å². The molecule has 5 rings (SSSR count). The lowest BCUT2D eigenvalue weighted by Gasteiger charge is -2.08. The van der Waals surface area contributed by atoms with Gasteiger partial charge in [0.1, 0.15) is 0 Å². The zero-order chi connectivity index (χ0) is 23.5. The van der Waals surface area contributed by atoms with E-state index in [-0.39, 0.29) is 11.6 Å². The largest absolute Gasteiger partial charge is 0.321 e. The van der Waals surface area contributed by atoms with Crippen LogP contribution < -0.4 is 5.32 Å². The Morgan fingerprint density at radius 2 is 1.29 bits per heavy atom. The monoisotopic (exact) mass is 483 g/mol. The predicted molar refractivity (Wildman–Crippen MR) is 139 cm³/mol. The second-order valence-electron chi connectivity index (χ2n) is 7.69. The smallest absolute Gasteiger partial charge is 0.276 e. The van der Waals surface area contributed by atoms with Crippen LogP contribution in [0.25, 0.3) is 28.1 Å². The zero-order valence-electron chi connectivity index (χ0n) is 18.0. The van der Waals surface area contributed by atoms with Crippen molar-refractivity contribution in [3.63, 3.8) is 0 Å². The molecular weight excluding hydrogens is 465 g/mol. The highest BCUT2D eigenvalue weighted by Gasteiger charge is 2.17. The van der Waals surface area contributed by atoms with E-state index in [0.717, 1.165) is 28.1 Å². The Morgan fingerprint density at radius 1 is 0.676 bits per heavy atom. The number of halogens is 2. The van der Waals surface area contributed by atoms with Gasteiger partial charge in [0.2, 0.25) is 0 Å². The number of para-hydroxylation sites is 1. The molecule has 1 N–H and O–H groups in total. The van der Waals surface area contributed by atoms with Crippen LogP contribution in [0.4, 0.5) is 5.69 Å².